The zero-order valence-corrected chi connectivity index (χ0v) is 22.4. The van der Waals surface area contributed by atoms with E-state index in [0.29, 0.717) is 0 Å². The van der Waals surface area contributed by atoms with Crippen LogP contribution in [0.3, 0.4) is 0 Å². The Labute approximate surface area is 241 Å². The SMILES string of the molecule is [CH2-]C(=O)CC(=O)C(F)(F)F.[CH2-]C(=O)CC(=O)C(F)(F)F.[CH2-]C(=O)CC(=O)C(F)(F)F.[CH2-]C(=O)CC(=O)C(F)(F)F.[Zr+4]. The Kier molecular flexibility index (Phi) is 23.1. The number of ketones is 8. The van der Waals surface area contributed by atoms with Gasteiger partial charge in [0.15, 0.2) is 0 Å². The predicted octanol–water partition coefficient (Wildman–Crippen LogP) is 3.64. The minimum absolute atomic E-state index is 0. The van der Waals surface area contributed by atoms with Crippen molar-refractivity contribution in [2.45, 2.75) is 50.4 Å². The van der Waals surface area contributed by atoms with Gasteiger partial charge in [0.05, 0.1) is 0 Å². The zero-order chi connectivity index (χ0) is 33.4. The van der Waals surface area contributed by atoms with E-state index >= 15 is 0 Å². The van der Waals surface area contributed by atoms with Crippen molar-refractivity contribution in [2.24, 2.45) is 0 Å². The summed E-state index contributed by atoms with van der Waals surface area (Å²) in [4.78, 5) is 79.0. The molecule has 0 saturated heterocycles. The number of carbonyl (C=O) groups is 8. The molecule has 0 spiro atoms. The molecule has 0 radical (unpaired) electrons. The summed E-state index contributed by atoms with van der Waals surface area (Å²) < 4.78 is 135. The first-order valence-corrected chi connectivity index (χ1v) is 9.14. The Bertz CT molecular complexity index is 794. The van der Waals surface area contributed by atoms with E-state index < -0.39 is 96.7 Å². The largest absolute Gasteiger partial charge is 4.00 e. The average Bonchev–Trinajstić information content (AvgIpc) is 2.64. The smallest absolute Gasteiger partial charge is 0.339 e. The van der Waals surface area contributed by atoms with Crippen LogP contribution in [0.2, 0.25) is 0 Å². The van der Waals surface area contributed by atoms with Gasteiger partial charge in [-0.25, -0.2) is 0 Å². The van der Waals surface area contributed by atoms with Crippen LogP contribution < -0.4 is 0 Å². The summed E-state index contributed by atoms with van der Waals surface area (Å²) in [7, 11) is 0. The molecule has 0 rings (SSSR count). The normalized spacial score (nSPS) is 10.8. The molecular weight excluding hydrogens is 687 g/mol. The summed E-state index contributed by atoms with van der Waals surface area (Å²) in [6.07, 6.45) is -24.3. The van der Waals surface area contributed by atoms with E-state index in [1.54, 1.807) is 0 Å². The Morgan fingerprint density at radius 1 is 0.341 bits per heavy atom. The van der Waals surface area contributed by atoms with Crippen LogP contribution in [0.4, 0.5) is 52.7 Å². The summed E-state index contributed by atoms with van der Waals surface area (Å²) in [6, 6.07) is 0. The van der Waals surface area contributed by atoms with E-state index in [1.807, 2.05) is 0 Å². The second-order valence-electron chi connectivity index (χ2n) is 6.55. The number of rotatable bonds is 8. The summed E-state index contributed by atoms with van der Waals surface area (Å²) in [6.45, 7) is 10.5. The maximum atomic E-state index is 11.3. The van der Waals surface area contributed by atoms with Crippen LogP contribution in [0.5, 0.6) is 0 Å². The maximum Gasteiger partial charge on any atom is 4.00 e. The zero-order valence-electron chi connectivity index (χ0n) is 20.0. The van der Waals surface area contributed by atoms with Crippen molar-refractivity contribution in [1.29, 1.82) is 0 Å². The van der Waals surface area contributed by atoms with Gasteiger partial charge in [-0.3, -0.25) is 19.2 Å². The molecule has 21 heteroatoms. The molecule has 8 nitrogen and oxygen atoms in total. The molecule has 0 aliphatic rings. The van der Waals surface area contributed by atoms with E-state index in [1.165, 1.54) is 0 Å². The molecule has 41 heavy (non-hydrogen) atoms. The van der Waals surface area contributed by atoms with E-state index in [4.69, 9.17) is 0 Å². The van der Waals surface area contributed by atoms with E-state index in [9.17, 15) is 91.0 Å². The average molecular weight is 704 g/mol. The number of hydrogen-bond donors (Lipinski definition) is 0. The standard InChI is InChI=1S/4C5H4F3O2.Zr/c4*1-3(9)2-4(10)5(6,7)8;/h4*1-2H2;/q4*-1;+4. The summed E-state index contributed by atoms with van der Waals surface area (Å²) in [5.74, 6) is -12.3. The first-order valence-electron chi connectivity index (χ1n) is 9.14. The van der Waals surface area contributed by atoms with Crippen molar-refractivity contribution in [3.63, 3.8) is 0 Å². The molecule has 0 N–H and O–H groups in total. The van der Waals surface area contributed by atoms with Gasteiger partial charge in [0.2, 0.25) is 23.1 Å². The third-order valence-corrected chi connectivity index (χ3v) is 2.70. The number of halogens is 12. The Hall–Kier alpha value is -3.12. The summed E-state index contributed by atoms with van der Waals surface area (Å²) >= 11 is 0. The van der Waals surface area contributed by atoms with Crippen molar-refractivity contribution in [1.82, 2.24) is 0 Å². The van der Waals surface area contributed by atoms with E-state index in [0.717, 1.165) is 0 Å². The van der Waals surface area contributed by atoms with Gasteiger partial charge in [-0.05, 0) is 0 Å². The Balaban J connectivity index is -0.000000139. The minimum Gasteiger partial charge on any atom is -0.339 e. The number of Topliss-reactive ketones (excluding diaryl/α,β-unsaturated/α-hetero) is 8. The fourth-order valence-electron chi connectivity index (χ4n) is 1.12. The summed E-state index contributed by atoms with van der Waals surface area (Å²) in [5.41, 5.74) is 0. The molecule has 0 amide bonds. The van der Waals surface area contributed by atoms with Crippen molar-refractivity contribution in [2.75, 3.05) is 0 Å². The van der Waals surface area contributed by atoms with Crippen molar-refractivity contribution >= 4 is 46.3 Å². The number of carbonyl (C=O) groups excluding carboxylic acids is 8. The van der Waals surface area contributed by atoms with Crippen molar-refractivity contribution in [3.05, 3.63) is 27.7 Å². The molecule has 0 atom stereocenters. The molecule has 0 bridgehead atoms. The number of hydrogen-bond acceptors (Lipinski definition) is 8. The Morgan fingerprint density at radius 3 is 0.463 bits per heavy atom. The van der Waals surface area contributed by atoms with Gasteiger partial charge in [-0.1, -0.05) is 0 Å². The van der Waals surface area contributed by atoms with Gasteiger partial charge in [0, 0.05) is 48.8 Å². The first-order chi connectivity index (χ1) is 17.3. The monoisotopic (exact) mass is 702 g/mol. The molecule has 0 saturated carbocycles. The molecule has 0 heterocycles. The van der Waals surface area contributed by atoms with Crippen LogP contribution >= 0.6 is 0 Å². The van der Waals surface area contributed by atoms with Gasteiger partial charge in [-0.15, -0.1) is 0 Å². The molecule has 0 aromatic carbocycles. The molecular formula is C20H16F12O8Zr. The molecule has 0 fully saturated rings. The van der Waals surface area contributed by atoms with Crippen LogP contribution in [-0.4, -0.2) is 71.0 Å². The second-order valence-corrected chi connectivity index (χ2v) is 6.55. The van der Waals surface area contributed by atoms with Crippen LogP contribution in [-0.2, 0) is 64.6 Å². The predicted molar refractivity (Wildman–Crippen MR) is 104 cm³/mol. The minimum atomic E-state index is -4.91. The molecule has 0 aliphatic carbocycles. The van der Waals surface area contributed by atoms with Crippen molar-refractivity contribution < 1.29 is 117 Å². The van der Waals surface area contributed by atoms with Crippen molar-refractivity contribution in [3.8, 4) is 0 Å². The van der Waals surface area contributed by atoms with E-state index in [2.05, 4.69) is 27.7 Å². The van der Waals surface area contributed by atoms with Crippen LogP contribution in [0.25, 0.3) is 0 Å². The molecule has 0 unspecified atom stereocenters. The molecule has 0 aromatic heterocycles. The maximum absolute atomic E-state index is 11.3. The van der Waals surface area contributed by atoms with E-state index in [-0.39, 0.29) is 26.2 Å². The third-order valence-electron chi connectivity index (χ3n) is 2.70. The quantitative estimate of drug-likeness (QED) is 0.213. The fraction of sp³-hybridized carbons (Fsp3) is 0.400. The van der Waals surface area contributed by atoms with Crippen LogP contribution in [0.15, 0.2) is 0 Å². The van der Waals surface area contributed by atoms with Gasteiger partial charge >= 0.3 is 50.9 Å². The topological polar surface area (TPSA) is 137 Å². The van der Waals surface area contributed by atoms with Gasteiger partial charge in [0.25, 0.3) is 0 Å². The van der Waals surface area contributed by atoms with Crippen LogP contribution in [0.1, 0.15) is 25.7 Å². The summed E-state index contributed by atoms with van der Waals surface area (Å²) in [5, 5.41) is 0. The first kappa shape index (κ1) is 47.7. The van der Waals surface area contributed by atoms with Crippen LogP contribution in [0, 0.1) is 27.7 Å². The van der Waals surface area contributed by atoms with Gasteiger partial charge in [0.1, 0.15) is 0 Å². The second kappa shape index (κ2) is 19.9. The van der Waals surface area contributed by atoms with Gasteiger partial charge in [-0.2, -0.15) is 52.7 Å². The fourth-order valence-corrected chi connectivity index (χ4v) is 1.12. The molecule has 0 aromatic rings. The number of alkyl halides is 12. The molecule has 232 valence electrons. The third kappa shape index (κ3) is 33.0. The van der Waals surface area contributed by atoms with Gasteiger partial charge < -0.3 is 46.9 Å². The molecule has 0 aliphatic heterocycles. The Morgan fingerprint density at radius 2 is 0.439 bits per heavy atom.